The normalized spacial score (nSPS) is 10.9. The van der Waals surface area contributed by atoms with Crippen LogP contribution in [-0.2, 0) is 10.0 Å². The number of rotatable bonds is 7. The number of carbonyl (C=O) groups excluding carboxylic acids is 1. The number of amides is 1. The predicted molar refractivity (Wildman–Crippen MR) is 116 cm³/mol. The summed E-state index contributed by atoms with van der Waals surface area (Å²) in [4.78, 5) is 32.8. The quantitative estimate of drug-likeness (QED) is 0.421. The van der Waals surface area contributed by atoms with Crippen LogP contribution in [0.1, 0.15) is 10.4 Å². The molecule has 0 saturated heterocycles. The molecule has 3 aromatic carbocycles. The third-order valence-electron chi connectivity index (χ3n) is 4.52. The van der Waals surface area contributed by atoms with Crippen molar-refractivity contribution in [2.75, 3.05) is 16.7 Å². The minimum atomic E-state index is -3.85. The molecule has 0 bridgehead atoms. The fourth-order valence-corrected chi connectivity index (χ4v) is 4.02. The summed E-state index contributed by atoms with van der Waals surface area (Å²) in [5.74, 6) is -0.872. The number of non-ortho nitro benzene ring substituents is 1. The van der Waals surface area contributed by atoms with E-state index in [1.54, 1.807) is 30.3 Å². The number of hydrogen-bond acceptors (Lipinski definition) is 7. The Morgan fingerprint density at radius 2 is 1.53 bits per heavy atom. The number of carbonyl (C=O) groups is 1. The van der Waals surface area contributed by atoms with Crippen LogP contribution in [0.4, 0.5) is 22.7 Å². The average Bonchev–Trinajstić information content (AvgIpc) is 2.78. The van der Waals surface area contributed by atoms with Crippen LogP contribution in [0.25, 0.3) is 0 Å². The molecule has 0 fully saturated rings. The fourth-order valence-electron chi connectivity index (χ4n) is 2.82. The maximum atomic E-state index is 12.8. The molecule has 1 amide bonds. The number of nitro groups is 2. The summed E-state index contributed by atoms with van der Waals surface area (Å²) in [6, 6.07) is 16.4. The average molecular weight is 456 g/mol. The minimum Gasteiger partial charge on any atom is -0.322 e. The maximum Gasteiger partial charge on any atom is 0.289 e. The van der Waals surface area contributed by atoms with Crippen molar-refractivity contribution in [3.05, 3.63) is 98.6 Å². The molecule has 0 saturated carbocycles. The van der Waals surface area contributed by atoms with Crippen LogP contribution in [0.15, 0.2) is 77.7 Å². The third-order valence-corrected chi connectivity index (χ3v) is 6.32. The molecule has 0 unspecified atom stereocenters. The molecule has 0 spiro atoms. The molecule has 0 aromatic heterocycles. The van der Waals surface area contributed by atoms with Crippen LogP contribution in [0.3, 0.4) is 0 Å². The van der Waals surface area contributed by atoms with E-state index in [9.17, 15) is 33.4 Å². The Labute approximate surface area is 182 Å². The topological polar surface area (TPSA) is 153 Å². The first-order chi connectivity index (χ1) is 15.1. The van der Waals surface area contributed by atoms with Crippen LogP contribution >= 0.6 is 0 Å². The van der Waals surface area contributed by atoms with Gasteiger partial charge in [0.2, 0.25) is 0 Å². The van der Waals surface area contributed by atoms with Gasteiger partial charge in [0.1, 0.15) is 5.56 Å². The zero-order chi connectivity index (χ0) is 23.5. The second-order valence-electron chi connectivity index (χ2n) is 6.50. The van der Waals surface area contributed by atoms with Gasteiger partial charge in [-0.25, -0.2) is 8.42 Å². The third kappa shape index (κ3) is 4.54. The minimum absolute atomic E-state index is 0.0248. The summed E-state index contributed by atoms with van der Waals surface area (Å²) in [6.45, 7) is 0. The van der Waals surface area contributed by atoms with Crippen molar-refractivity contribution >= 4 is 38.7 Å². The standard InChI is InChI=1S/C20H16N4O7S/c1-22(15-5-3-2-4-6-15)32(30,31)17-10-7-14(8-11-17)21-20(25)18-12-9-16(23(26)27)13-19(18)24(28)29/h2-13H,1H3,(H,21,25). The molecule has 32 heavy (non-hydrogen) atoms. The summed E-state index contributed by atoms with van der Waals surface area (Å²) in [5, 5.41) is 24.5. The first kappa shape index (κ1) is 22.4. The van der Waals surface area contributed by atoms with Gasteiger partial charge in [0.05, 0.1) is 26.5 Å². The Hall–Kier alpha value is -4.32. The summed E-state index contributed by atoms with van der Waals surface area (Å²) < 4.78 is 26.7. The Kier molecular flexibility index (Phi) is 6.16. The highest BCUT2D eigenvalue weighted by Crippen LogP contribution is 2.26. The van der Waals surface area contributed by atoms with Gasteiger partial charge in [0.25, 0.3) is 27.3 Å². The maximum absolute atomic E-state index is 12.8. The number of anilines is 2. The van der Waals surface area contributed by atoms with Crippen LogP contribution in [-0.4, -0.2) is 31.2 Å². The number of nitrogens with one attached hydrogen (secondary N) is 1. The zero-order valence-electron chi connectivity index (χ0n) is 16.5. The largest absolute Gasteiger partial charge is 0.322 e. The second kappa shape index (κ2) is 8.81. The lowest BCUT2D eigenvalue weighted by molar-refractivity contribution is -0.394. The number of hydrogen-bond donors (Lipinski definition) is 1. The highest BCUT2D eigenvalue weighted by Gasteiger charge is 2.25. The van der Waals surface area contributed by atoms with Crippen molar-refractivity contribution in [2.45, 2.75) is 4.90 Å². The van der Waals surface area contributed by atoms with Gasteiger partial charge in [0.15, 0.2) is 0 Å². The van der Waals surface area contributed by atoms with Gasteiger partial charge in [-0.3, -0.25) is 29.3 Å². The van der Waals surface area contributed by atoms with Crippen LogP contribution in [0, 0.1) is 20.2 Å². The van der Waals surface area contributed by atoms with Crippen molar-refractivity contribution in [3.8, 4) is 0 Å². The Morgan fingerprint density at radius 3 is 2.09 bits per heavy atom. The lowest BCUT2D eigenvalue weighted by atomic mass is 10.1. The molecule has 3 rings (SSSR count). The molecule has 11 nitrogen and oxygen atoms in total. The van der Waals surface area contributed by atoms with E-state index in [1.165, 1.54) is 31.3 Å². The Morgan fingerprint density at radius 1 is 0.906 bits per heavy atom. The van der Waals surface area contributed by atoms with Crippen molar-refractivity contribution in [3.63, 3.8) is 0 Å². The van der Waals surface area contributed by atoms with E-state index in [-0.39, 0.29) is 16.1 Å². The molecule has 12 heteroatoms. The van der Waals surface area contributed by atoms with Gasteiger partial charge in [-0.05, 0) is 42.5 Å². The molecule has 0 radical (unpaired) electrons. The molecule has 0 aliphatic carbocycles. The van der Waals surface area contributed by atoms with E-state index < -0.39 is 37.2 Å². The fraction of sp³-hybridized carbons (Fsp3) is 0.0500. The van der Waals surface area contributed by atoms with Crippen molar-refractivity contribution in [1.29, 1.82) is 0 Å². The van der Waals surface area contributed by atoms with Crippen molar-refractivity contribution in [2.24, 2.45) is 0 Å². The Balaban J connectivity index is 1.82. The van der Waals surface area contributed by atoms with E-state index in [4.69, 9.17) is 0 Å². The highest BCUT2D eigenvalue weighted by atomic mass is 32.2. The second-order valence-corrected chi connectivity index (χ2v) is 8.47. The molecular weight excluding hydrogens is 440 g/mol. The summed E-state index contributed by atoms with van der Waals surface area (Å²) >= 11 is 0. The van der Waals surface area contributed by atoms with Gasteiger partial charge in [-0.15, -0.1) is 0 Å². The molecule has 0 atom stereocenters. The van der Waals surface area contributed by atoms with E-state index in [0.717, 1.165) is 16.4 Å². The van der Waals surface area contributed by atoms with Crippen LogP contribution in [0.2, 0.25) is 0 Å². The predicted octanol–water partition coefficient (Wildman–Crippen LogP) is 3.58. The van der Waals surface area contributed by atoms with Crippen LogP contribution in [0.5, 0.6) is 0 Å². The highest BCUT2D eigenvalue weighted by molar-refractivity contribution is 7.92. The summed E-state index contributed by atoms with van der Waals surface area (Å²) in [6.07, 6.45) is 0. The molecule has 164 valence electrons. The molecule has 0 aliphatic heterocycles. The number of benzene rings is 3. The monoisotopic (exact) mass is 456 g/mol. The van der Waals surface area contributed by atoms with E-state index in [2.05, 4.69) is 5.32 Å². The number of nitro benzene ring substituents is 2. The van der Waals surface area contributed by atoms with E-state index in [1.807, 2.05) is 0 Å². The number of para-hydroxylation sites is 1. The smallest absolute Gasteiger partial charge is 0.289 e. The SMILES string of the molecule is CN(c1ccccc1)S(=O)(=O)c1ccc(NC(=O)c2ccc([N+](=O)[O-])cc2[N+](=O)[O-])cc1. The van der Waals surface area contributed by atoms with E-state index >= 15 is 0 Å². The number of nitrogens with zero attached hydrogens (tertiary/aromatic N) is 3. The van der Waals surface area contributed by atoms with Gasteiger partial charge in [-0.2, -0.15) is 0 Å². The van der Waals surface area contributed by atoms with Gasteiger partial charge in [0, 0.05) is 18.8 Å². The summed E-state index contributed by atoms with van der Waals surface area (Å²) in [5.41, 5.74) is -0.967. The first-order valence-electron chi connectivity index (χ1n) is 8.99. The van der Waals surface area contributed by atoms with Crippen molar-refractivity contribution in [1.82, 2.24) is 0 Å². The zero-order valence-corrected chi connectivity index (χ0v) is 17.4. The molecule has 0 aliphatic rings. The van der Waals surface area contributed by atoms with Gasteiger partial charge >= 0.3 is 0 Å². The van der Waals surface area contributed by atoms with Gasteiger partial charge < -0.3 is 5.32 Å². The molecule has 1 N–H and O–H groups in total. The lowest BCUT2D eigenvalue weighted by Crippen LogP contribution is -2.26. The Bertz CT molecular complexity index is 1290. The lowest BCUT2D eigenvalue weighted by Gasteiger charge is -2.19. The summed E-state index contributed by atoms with van der Waals surface area (Å²) in [7, 11) is -2.44. The molecule has 3 aromatic rings. The van der Waals surface area contributed by atoms with E-state index in [0.29, 0.717) is 11.8 Å². The van der Waals surface area contributed by atoms with Crippen LogP contribution < -0.4 is 9.62 Å². The van der Waals surface area contributed by atoms with Crippen molar-refractivity contribution < 1.29 is 23.1 Å². The van der Waals surface area contributed by atoms with Gasteiger partial charge in [-0.1, -0.05) is 18.2 Å². The molecular formula is C20H16N4O7S. The number of sulfonamides is 1. The first-order valence-corrected chi connectivity index (χ1v) is 10.4. The molecule has 0 heterocycles.